The fourth-order valence-electron chi connectivity index (χ4n) is 4.72. The van der Waals surface area contributed by atoms with E-state index >= 15 is 0 Å². The predicted molar refractivity (Wildman–Crippen MR) is 122 cm³/mol. The van der Waals surface area contributed by atoms with Crippen molar-refractivity contribution in [1.82, 2.24) is 4.90 Å². The van der Waals surface area contributed by atoms with E-state index in [0.717, 1.165) is 5.69 Å². The van der Waals surface area contributed by atoms with E-state index in [9.17, 15) is 14.4 Å². The van der Waals surface area contributed by atoms with Gasteiger partial charge in [-0.2, -0.15) is 0 Å². The number of anilines is 2. The number of hydrogen-bond donors (Lipinski definition) is 1. The van der Waals surface area contributed by atoms with Crippen LogP contribution in [0.3, 0.4) is 0 Å². The summed E-state index contributed by atoms with van der Waals surface area (Å²) in [6.07, 6.45) is 1.44. The number of nitrogens with zero attached hydrogens (tertiary/aromatic N) is 2. The van der Waals surface area contributed by atoms with Crippen LogP contribution in [-0.2, 0) is 14.4 Å². The SMILES string of the molecule is O=C(Nc1ccc2c(c1)OCCO2)C1CCN(C(=O)C2CC(=O)N(c3ccccc3)C2)CC1. The molecule has 3 aliphatic rings. The highest BCUT2D eigenvalue weighted by Gasteiger charge is 2.38. The number of para-hydroxylation sites is 1. The highest BCUT2D eigenvalue weighted by Crippen LogP contribution is 2.33. The first kappa shape index (κ1) is 21.3. The molecule has 0 spiro atoms. The average molecular weight is 450 g/mol. The van der Waals surface area contributed by atoms with Gasteiger partial charge in [0.2, 0.25) is 17.7 Å². The highest BCUT2D eigenvalue weighted by atomic mass is 16.6. The van der Waals surface area contributed by atoms with Crippen molar-refractivity contribution in [2.24, 2.45) is 11.8 Å². The fraction of sp³-hybridized carbons (Fsp3) is 0.400. The third-order valence-electron chi connectivity index (χ3n) is 6.53. The van der Waals surface area contributed by atoms with Crippen molar-refractivity contribution < 1.29 is 23.9 Å². The van der Waals surface area contributed by atoms with Crippen LogP contribution in [0.2, 0.25) is 0 Å². The quantitative estimate of drug-likeness (QED) is 0.776. The number of carbonyl (C=O) groups is 3. The maximum atomic E-state index is 13.0. The topological polar surface area (TPSA) is 88.2 Å². The Morgan fingerprint density at radius 1 is 0.909 bits per heavy atom. The van der Waals surface area contributed by atoms with Crippen molar-refractivity contribution in [3.05, 3.63) is 48.5 Å². The molecule has 1 N–H and O–H groups in total. The van der Waals surface area contributed by atoms with Gasteiger partial charge in [-0.1, -0.05) is 18.2 Å². The van der Waals surface area contributed by atoms with Gasteiger partial charge in [-0.3, -0.25) is 14.4 Å². The van der Waals surface area contributed by atoms with Crippen molar-refractivity contribution in [3.63, 3.8) is 0 Å². The summed E-state index contributed by atoms with van der Waals surface area (Å²) >= 11 is 0. The molecule has 2 fully saturated rings. The van der Waals surface area contributed by atoms with E-state index < -0.39 is 0 Å². The molecule has 0 aromatic heterocycles. The second-order valence-corrected chi connectivity index (χ2v) is 8.69. The summed E-state index contributed by atoms with van der Waals surface area (Å²) in [5.41, 5.74) is 1.50. The molecule has 8 nitrogen and oxygen atoms in total. The molecule has 5 rings (SSSR count). The number of ether oxygens (including phenoxy) is 2. The smallest absolute Gasteiger partial charge is 0.228 e. The molecule has 3 amide bonds. The Hall–Kier alpha value is -3.55. The van der Waals surface area contributed by atoms with Gasteiger partial charge in [0.1, 0.15) is 13.2 Å². The predicted octanol–water partition coefficient (Wildman–Crippen LogP) is 2.69. The Balaban J connectivity index is 1.14. The molecule has 2 aromatic rings. The minimum atomic E-state index is -0.333. The summed E-state index contributed by atoms with van der Waals surface area (Å²) in [5.74, 6) is 0.761. The lowest BCUT2D eigenvalue weighted by atomic mass is 9.94. The number of hydrogen-bond acceptors (Lipinski definition) is 5. The van der Waals surface area contributed by atoms with Gasteiger partial charge >= 0.3 is 0 Å². The number of rotatable bonds is 4. The first-order valence-electron chi connectivity index (χ1n) is 11.4. The summed E-state index contributed by atoms with van der Waals surface area (Å²) < 4.78 is 11.1. The van der Waals surface area contributed by atoms with Gasteiger partial charge in [-0.15, -0.1) is 0 Å². The Morgan fingerprint density at radius 3 is 2.39 bits per heavy atom. The fourth-order valence-corrected chi connectivity index (χ4v) is 4.72. The maximum absolute atomic E-state index is 13.0. The number of amides is 3. The standard InChI is InChI=1S/C25H27N3O5/c29-23-14-18(16-28(23)20-4-2-1-3-5-20)25(31)27-10-8-17(9-11-27)24(30)26-19-6-7-21-22(15-19)33-13-12-32-21/h1-7,15,17-18H,8-14,16H2,(H,26,30). The lowest BCUT2D eigenvalue weighted by Crippen LogP contribution is -2.44. The summed E-state index contributed by atoms with van der Waals surface area (Å²) in [6, 6.07) is 14.8. The molecule has 2 aromatic carbocycles. The molecule has 8 heteroatoms. The first-order valence-corrected chi connectivity index (χ1v) is 11.4. The molecule has 3 heterocycles. The number of benzene rings is 2. The molecule has 0 radical (unpaired) electrons. The monoisotopic (exact) mass is 449 g/mol. The zero-order valence-corrected chi connectivity index (χ0v) is 18.4. The maximum Gasteiger partial charge on any atom is 0.228 e. The third-order valence-corrected chi connectivity index (χ3v) is 6.53. The molecule has 1 atom stereocenters. The summed E-state index contributed by atoms with van der Waals surface area (Å²) in [6.45, 7) is 2.47. The van der Waals surface area contributed by atoms with E-state index in [1.807, 2.05) is 30.3 Å². The highest BCUT2D eigenvalue weighted by molar-refractivity contribution is 6.00. The van der Waals surface area contributed by atoms with Gasteiger partial charge in [-0.05, 0) is 37.1 Å². The third kappa shape index (κ3) is 4.51. The molecule has 172 valence electrons. The molecule has 3 aliphatic heterocycles. The van der Waals surface area contributed by atoms with Crippen molar-refractivity contribution in [2.75, 3.05) is 43.1 Å². The van der Waals surface area contributed by atoms with Crippen LogP contribution in [0.25, 0.3) is 0 Å². The van der Waals surface area contributed by atoms with Crippen molar-refractivity contribution >= 4 is 29.1 Å². The van der Waals surface area contributed by atoms with Crippen LogP contribution in [0, 0.1) is 11.8 Å². The van der Waals surface area contributed by atoms with E-state index in [1.54, 1.807) is 28.0 Å². The molecule has 0 aliphatic carbocycles. The number of likely N-dealkylation sites (tertiary alicyclic amines) is 1. The van der Waals surface area contributed by atoms with Gasteiger partial charge in [-0.25, -0.2) is 0 Å². The molecule has 0 bridgehead atoms. The minimum absolute atomic E-state index is 0.00692. The molecule has 1 unspecified atom stereocenters. The van der Waals surface area contributed by atoms with E-state index in [2.05, 4.69) is 5.32 Å². The number of fused-ring (bicyclic) bond motifs is 1. The lowest BCUT2D eigenvalue weighted by Gasteiger charge is -2.33. The Bertz CT molecular complexity index is 1050. The van der Waals surface area contributed by atoms with E-state index in [0.29, 0.717) is 62.9 Å². The van der Waals surface area contributed by atoms with Gasteiger partial charge < -0.3 is 24.6 Å². The van der Waals surface area contributed by atoms with Crippen LogP contribution in [0.15, 0.2) is 48.5 Å². The molecular formula is C25H27N3O5. The van der Waals surface area contributed by atoms with Crippen LogP contribution >= 0.6 is 0 Å². The normalized spacial score (nSPS) is 20.6. The molecular weight excluding hydrogens is 422 g/mol. The van der Waals surface area contributed by atoms with E-state index in [4.69, 9.17) is 9.47 Å². The summed E-state index contributed by atoms with van der Waals surface area (Å²) in [4.78, 5) is 41.8. The van der Waals surface area contributed by atoms with Crippen molar-refractivity contribution in [1.29, 1.82) is 0 Å². The largest absolute Gasteiger partial charge is 0.486 e. The average Bonchev–Trinajstić information content (AvgIpc) is 3.25. The van der Waals surface area contributed by atoms with E-state index in [1.165, 1.54) is 0 Å². The number of carbonyl (C=O) groups excluding carboxylic acids is 3. The van der Waals surface area contributed by atoms with Gasteiger partial charge in [0, 0.05) is 49.4 Å². The second-order valence-electron chi connectivity index (χ2n) is 8.69. The number of piperidine rings is 1. The lowest BCUT2D eigenvalue weighted by molar-refractivity contribution is -0.138. The second kappa shape index (κ2) is 9.13. The van der Waals surface area contributed by atoms with E-state index in [-0.39, 0.29) is 36.0 Å². The summed E-state index contributed by atoms with van der Waals surface area (Å²) in [7, 11) is 0. The van der Waals surface area contributed by atoms with Crippen LogP contribution in [0.1, 0.15) is 19.3 Å². The van der Waals surface area contributed by atoms with Gasteiger partial charge in [0.25, 0.3) is 0 Å². The zero-order valence-electron chi connectivity index (χ0n) is 18.4. The Labute approximate surface area is 192 Å². The zero-order chi connectivity index (χ0) is 22.8. The van der Waals surface area contributed by atoms with Crippen LogP contribution in [0.5, 0.6) is 11.5 Å². The van der Waals surface area contributed by atoms with Crippen LogP contribution < -0.4 is 19.7 Å². The summed E-state index contributed by atoms with van der Waals surface area (Å²) in [5, 5.41) is 2.96. The Kier molecular flexibility index (Phi) is 5.90. The van der Waals surface area contributed by atoms with Crippen LogP contribution in [0.4, 0.5) is 11.4 Å². The minimum Gasteiger partial charge on any atom is -0.486 e. The van der Waals surface area contributed by atoms with Gasteiger partial charge in [0.15, 0.2) is 11.5 Å². The molecule has 0 saturated carbocycles. The number of nitrogens with one attached hydrogen (secondary N) is 1. The van der Waals surface area contributed by atoms with Crippen molar-refractivity contribution in [2.45, 2.75) is 19.3 Å². The van der Waals surface area contributed by atoms with Crippen LogP contribution in [-0.4, -0.2) is 55.5 Å². The van der Waals surface area contributed by atoms with Crippen molar-refractivity contribution in [3.8, 4) is 11.5 Å². The first-order chi connectivity index (χ1) is 16.1. The Morgan fingerprint density at radius 2 is 1.64 bits per heavy atom. The molecule has 2 saturated heterocycles. The molecule has 33 heavy (non-hydrogen) atoms. The van der Waals surface area contributed by atoms with Gasteiger partial charge in [0.05, 0.1) is 5.92 Å².